The smallest absolute Gasteiger partial charge is 0.113 e. The van der Waals surface area contributed by atoms with E-state index in [0.717, 1.165) is 85.5 Å². The van der Waals surface area contributed by atoms with Gasteiger partial charge in [-0.2, -0.15) is 0 Å². The minimum absolute atomic E-state index is 0.118. The van der Waals surface area contributed by atoms with E-state index in [4.69, 9.17) is 11.6 Å². The molecule has 0 heterocycles. The second-order valence-corrected chi connectivity index (χ2v) is 17.4. The zero-order valence-corrected chi connectivity index (χ0v) is 22.5. The summed E-state index contributed by atoms with van der Waals surface area (Å²) < 4.78 is 31.1. The Morgan fingerprint density at radius 2 is 1.03 bits per heavy atom. The van der Waals surface area contributed by atoms with Crippen LogP contribution in [0.4, 0.5) is 0 Å². The summed E-state index contributed by atoms with van der Waals surface area (Å²) in [4.78, 5) is 0. The zero-order valence-electron chi connectivity index (χ0n) is 20.1. The maximum absolute atomic E-state index is 14.6. The van der Waals surface area contributed by atoms with Crippen LogP contribution >= 0.6 is 11.6 Å². The molecule has 0 aliphatic heterocycles. The van der Waals surface area contributed by atoms with E-state index < -0.39 is 22.0 Å². The Hall–Kier alpha value is -0.230. The maximum Gasteiger partial charge on any atom is 0.113 e. The van der Waals surface area contributed by atoms with Crippen LogP contribution in [0.25, 0.3) is 0 Å². The summed E-state index contributed by atoms with van der Waals surface area (Å²) in [6.07, 6.45) is 15.5. The van der Waals surface area contributed by atoms with Crippen LogP contribution in [0.1, 0.15) is 82.6 Å². The van der Waals surface area contributed by atoms with Crippen LogP contribution in [0.15, 0.2) is 24.3 Å². The molecule has 8 saturated carbocycles. The normalized spacial score (nSPS) is 45.7. The number of benzene rings is 1. The summed E-state index contributed by atoms with van der Waals surface area (Å²) in [5.74, 6) is 4.51. The third kappa shape index (κ3) is 3.82. The summed E-state index contributed by atoms with van der Waals surface area (Å²) in [5, 5.41) is 0.745. The van der Waals surface area contributed by atoms with E-state index >= 15 is 0 Å². The molecule has 0 unspecified atom stereocenters. The molecule has 0 spiro atoms. The van der Waals surface area contributed by atoms with Gasteiger partial charge in [-0.3, -0.25) is 0 Å². The molecule has 186 valence electrons. The lowest BCUT2D eigenvalue weighted by atomic mass is 9.56. The average molecular weight is 520 g/mol. The fourth-order valence-electron chi connectivity index (χ4n) is 10.0. The van der Waals surface area contributed by atoms with Gasteiger partial charge in [0.15, 0.2) is 0 Å². The van der Waals surface area contributed by atoms with E-state index in [2.05, 4.69) is 15.8 Å². The summed E-state index contributed by atoms with van der Waals surface area (Å²) in [7, 11) is -2.35. The molecule has 8 fully saturated rings. The molecule has 6 heteroatoms. The van der Waals surface area contributed by atoms with E-state index in [1.165, 1.54) is 44.1 Å². The largest absolute Gasteiger partial charge is 0.241 e. The summed E-state index contributed by atoms with van der Waals surface area (Å²) >= 11 is 6.12. The lowest BCUT2D eigenvalue weighted by Gasteiger charge is -2.58. The first-order valence-corrected chi connectivity index (χ1v) is 16.3. The van der Waals surface area contributed by atoms with Crippen LogP contribution in [0.3, 0.4) is 0 Å². The van der Waals surface area contributed by atoms with Gasteiger partial charge in [-0.05, 0) is 137 Å². The molecule has 9 rings (SSSR count). The van der Waals surface area contributed by atoms with Gasteiger partial charge in [0.1, 0.15) is 22.0 Å². The van der Waals surface area contributed by atoms with Crippen LogP contribution in [0, 0.1) is 35.5 Å². The van der Waals surface area contributed by atoms with Crippen molar-refractivity contribution in [3.8, 4) is 0 Å². The van der Waals surface area contributed by atoms with Crippen LogP contribution < -0.4 is 0 Å². The van der Waals surface area contributed by atoms with Gasteiger partial charge < -0.3 is 0 Å². The quantitative estimate of drug-likeness (QED) is 0.415. The Morgan fingerprint density at radius 3 is 1.38 bits per heavy atom. The number of rotatable bonds is 7. The molecule has 0 aromatic heterocycles. The Bertz CT molecular complexity index is 882. The van der Waals surface area contributed by atoms with E-state index in [1.807, 2.05) is 12.1 Å². The summed E-state index contributed by atoms with van der Waals surface area (Å²) in [6.45, 7) is 0.629. The zero-order chi connectivity index (χ0) is 23.1. The number of halogens is 1. The highest BCUT2D eigenvalue weighted by atomic mass is 35.5. The second-order valence-electron chi connectivity index (χ2n) is 13.1. The fourth-order valence-corrected chi connectivity index (χ4v) is 15.2. The van der Waals surface area contributed by atoms with Gasteiger partial charge in [-0.1, -0.05) is 23.7 Å². The highest BCUT2D eigenvalue weighted by molar-refractivity contribution is 7.99. The van der Waals surface area contributed by atoms with Crippen LogP contribution in [-0.4, -0.2) is 28.2 Å². The molecule has 8 aliphatic carbocycles. The second kappa shape index (κ2) is 8.39. The van der Waals surface area contributed by atoms with Crippen molar-refractivity contribution in [1.29, 1.82) is 0 Å². The molecule has 1 aromatic carbocycles. The van der Waals surface area contributed by atoms with Crippen molar-refractivity contribution in [3.63, 3.8) is 0 Å². The van der Waals surface area contributed by atoms with Crippen LogP contribution in [0.5, 0.6) is 0 Å². The molecule has 8 bridgehead atoms. The first-order chi connectivity index (χ1) is 16.4. The molecule has 0 radical (unpaired) electrons. The van der Waals surface area contributed by atoms with Crippen molar-refractivity contribution >= 4 is 33.6 Å². The molecule has 1 aromatic rings. The van der Waals surface area contributed by atoms with Gasteiger partial charge in [0.05, 0.1) is 9.49 Å². The van der Waals surface area contributed by atoms with E-state index in [9.17, 15) is 8.42 Å². The number of hydrogen-bond donors (Lipinski definition) is 0. The molecule has 8 aliphatic rings. The highest BCUT2D eigenvalue weighted by Crippen LogP contribution is 2.61. The lowest BCUT2D eigenvalue weighted by Crippen LogP contribution is -2.60. The minimum Gasteiger partial charge on any atom is -0.241 e. The van der Waals surface area contributed by atoms with Gasteiger partial charge >= 0.3 is 0 Å². The Kier molecular flexibility index (Phi) is 5.66. The van der Waals surface area contributed by atoms with Crippen molar-refractivity contribution < 1.29 is 8.42 Å². The highest BCUT2D eigenvalue weighted by Gasteiger charge is 2.59. The van der Waals surface area contributed by atoms with Crippen LogP contribution in [-0.2, 0) is 28.4 Å². The van der Waals surface area contributed by atoms with E-state index in [0.29, 0.717) is 6.54 Å². The molecule has 3 nitrogen and oxygen atoms in total. The average Bonchev–Trinajstić information content (AvgIpc) is 2.78. The minimum atomic E-state index is -1.18. The number of hydrogen-bond acceptors (Lipinski definition) is 2. The molecular weight excluding hydrogens is 482 g/mol. The summed E-state index contributed by atoms with van der Waals surface area (Å²) in [6, 6.07) is 8.02. The summed E-state index contributed by atoms with van der Waals surface area (Å²) in [5.41, 5.74) is 1.19. The van der Waals surface area contributed by atoms with E-state index in [1.54, 1.807) is 0 Å². The van der Waals surface area contributed by atoms with Crippen molar-refractivity contribution in [1.82, 2.24) is 3.71 Å². The van der Waals surface area contributed by atoms with Gasteiger partial charge in [0.2, 0.25) is 0 Å². The predicted octanol–water partition coefficient (Wildman–Crippen LogP) is 6.45. The molecule has 0 N–H and O–H groups in total. The Morgan fingerprint density at radius 1 is 0.676 bits per heavy atom. The van der Waals surface area contributed by atoms with Gasteiger partial charge in [0.25, 0.3) is 0 Å². The maximum atomic E-state index is 14.6. The third-order valence-electron chi connectivity index (χ3n) is 10.6. The van der Waals surface area contributed by atoms with Gasteiger partial charge in [-0.25, -0.2) is 8.42 Å². The van der Waals surface area contributed by atoms with Crippen molar-refractivity contribution in [2.75, 3.05) is 6.54 Å². The van der Waals surface area contributed by atoms with Crippen LogP contribution in [0.2, 0.25) is 5.02 Å². The molecule has 2 atom stereocenters. The Labute approximate surface area is 215 Å². The Balaban J connectivity index is 1.20. The SMILES string of the molecule is O=[S@](N(CCc1ccc(Cl)cc1)[S@@](=O)C12CC3CC(CC(C3)C1)C2)C12CC3CC(CC(C3)C1)C2. The molecule has 0 amide bonds. The topological polar surface area (TPSA) is 37.4 Å². The lowest BCUT2D eigenvalue weighted by molar-refractivity contribution is 0.0326. The first-order valence-electron chi connectivity index (χ1n) is 13.8. The third-order valence-corrected chi connectivity index (χ3v) is 15.2. The molecular formula is C28H38ClNO2S2. The van der Waals surface area contributed by atoms with Gasteiger partial charge in [0, 0.05) is 11.6 Å². The predicted molar refractivity (Wildman–Crippen MR) is 140 cm³/mol. The first kappa shape index (κ1) is 22.9. The van der Waals surface area contributed by atoms with Crippen molar-refractivity contribution in [2.45, 2.75) is 93.0 Å². The van der Waals surface area contributed by atoms with Crippen molar-refractivity contribution in [3.05, 3.63) is 34.9 Å². The van der Waals surface area contributed by atoms with E-state index in [-0.39, 0.29) is 9.49 Å². The number of nitrogens with zero attached hydrogens (tertiary/aromatic N) is 1. The molecule has 0 saturated heterocycles. The monoisotopic (exact) mass is 519 g/mol. The van der Waals surface area contributed by atoms with Crippen molar-refractivity contribution in [2.24, 2.45) is 35.5 Å². The fraction of sp³-hybridized carbons (Fsp3) is 0.786. The standard InChI is InChI=1S/C28H38ClNO2S2/c29-26-3-1-19(2-4-26)5-6-30(33(31)27-13-20-7-21(14-27)9-22(8-20)15-27)34(32)28-16-23-10-24(17-28)12-25(11-23)18-28/h1-4,20-25H,5-18H2/t20?,21?,22?,23?,24?,25?,27?,28?,33-,34-/m0/s1. The molecule has 34 heavy (non-hydrogen) atoms. The van der Waals surface area contributed by atoms with Gasteiger partial charge in [-0.15, -0.1) is 3.71 Å².